The van der Waals surface area contributed by atoms with Crippen LogP contribution in [-0.4, -0.2) is 39.9 Å². The highest BCUT2D eigenvalue weighted by Gasteiger charge is 2.32. The van der Waals surface area contributed by atoms with Crippen LogP contribution in [0.2, 0.25) is 0 Å². The molecule has 0 unspecified atom stereocenters. The second-order valence-electron chi connectivity index (χ2n) is 5.10. The van der Waals surface area contributed by atoms with E-state index in [1.165, 1.54) is 18.2 Å². The van der Waals surface area contributed by atoms with Gasteiger partial charge in [0.1, 0.15) is 6.54 Å². The van der Waals surface area contributed by atoms with Gasteiger partial charge in [-0.2, -0.15) is 18.3 Å². The molecule has 2 rings (SSSR count). The van der Waals surface area contributed by atoms with Crippen LogP contribution in [0.5, 0.6) is 0 Å². The minimum atomic E-state index is -4.45. The molecule has 1 heterocycles. The van der Waals surface area contributed by atoms with E-state index in [1.54, 1.807) is 23.0 Å². The lowest BCUT2D eigenvalue weighted by Gasteiger charge is -2.22. The van der Waals surface area contributed by atoms with Gasteiger partial charge >= 0.3 is 6.18 Å². The van der Waals surface area contributed by atoms with Crippen molar-refractivity contribution in [3.05, 3.63) is 60.4 Å². The number of amides is 1. The zero-order chi connectivity index (χ0) is 17.0. The van der Waals surface area contributed by atoms with E-state index < -0.39 is 18.6 Å². The lowest BCUT2D eigenvalue weighted by atomic mass is 10.1. The van der Waals surface area contributed by atoms with Crippen LogP contribution < -0.4 is 0 Å². The summed E-state index contributed by atoms with van der Waals surface area (Å²) in [6.07, 6.45) is 0.314. The predicted molar refractivity (Wildman–Crippen MR) is 80.5 cm³/mol. The van der Waals surface area contributed by atoms with Gasteiger partial charge in [-0.3, -0.25) is 4.79 Å². The first-order chi connectivity index (χ1) is 10.8. The maximum Gasteiger partial charge on any atom is 0.406 e. The Morgan fingerprint density at radius 1 is 1.35 bits per heavy atom. The molecule has 1 amide bonds. The van der Waals surface area contributed by atoms with Crippen LogP contribution in [0.25, 0.3) is 5.69 Å². The number of carbonyl (C=O) groups excluding carboxylic acids is 1. The van der Waals surface area contributed by atoms with Gasteiger partial charge in [0.25, 0.3) is 5.91 Å². The third kappa shape index (κ3) is 4.45. The molecule has 2 aromatic rings. The molecule has 1 aromatic carbocycles. The Morgan fingerprint density at radius 3 is 2.48 bits per heavy atom. The lowest BCUT2D eigenvalue weighted by Crippen LogP contribution is -2.39. The Labute approximate surface area is 131 Å². The molecule has 0 spiro atoms. The first kappa shape index (κ1) is 16.8. The summed E-state index contributed by atoms with van der Waals surface area (Å²) in [5.74, 6) is -0.689. The van der Waals surface area contributed by atoms with Gasteiger partial charge in [0.05, 0.1) is 11.9 Å². The lowest BCUT2D eigenvalue weighted by molar-refractivity contribution is -0.139. The van der Waals surface area contributed by atoms with Crippen molar-refractivity contribution in [1.82, 2.24) is 14.7 Å². The molecule has 122 valence electrons. The van der Waals surface area contributed by atoms with Crippen molar-refractivity contribution >= 4 is 5.91 Å². The number of hydrogen-bond acceptors (Lipinski definition) is 2. The van der Waals surface area contributed by atoms with Crippen molar-refractivity contribution < 1.29 is 18.0 Å². The third-order valence-electron chi connectivity index (χ3n) is 3.10. The van der Waals surface area contributed by atoms with Crippen LogP contribution in [0.1, 0.15) is 15.9 Å². The average molecular weight is 323 g/mol. The molecule has 4 nitrogen and oxygen atoms in total. The Hall–Kier alpha value is -2.57. The summed E-state index contributed by atoms with van der Waals surface area (Å²) in [7, 11) is 0. The summed E-state index contributed by atoms with van der Waals surface area (Å²) in [5.41, 5.74) is 1.89. The number of halogens is 3. The van der Waals surface area contributed by atoms with Crippen LogP contribution in [0.4, 0.5) is 13.2 Å². The summed E-state index contributed by atoms with van der Waals surface area (Å²) in [6, 6.07) is 6.25. The van der Waals surface area contributed by atoms with Gasteiger partial charge in [-0.15, -0.1) is 6.58 Å². The van der Waals surface area contributed by atoms with Crippen molar-refractivity contribution in [2.75, 3.05) is 13.1 Å². The quantitative estimate of drug-likeness (QED) is 0.791. The molecule has 0 aliphatic carbocycles. The zero-order valence-electron chi connectivity index (χ0n) is 12.5. The van der Waals surface area contributed by atoms with Gasteiger partial charge in [-0.25, -0.2) is 4.68 Å². The van der Waals surface area contributed by atoms with Crippen molar-refractivity contribution in [3.8, 4) is 5.69 Å². The fraction of sp³-hybridized carbons (Fsp3) is 0.250. The number of rotatable bonds is 5. The predicted octanol–water partition coefficient (Wildman–Crippen LogP) is 3.37. The van der Waals surface area contributed by atoms with E-state index in [4.69, 9.17) is 0 Å². The van der Waals surface area contributed by atoms with Crippen molar-refractivity contribution in [2.45, 2.75) is 13.1 Å². The Balaban J connectivity index is 2.19. The Bertz CT molecular complexity index is 689. The Kier molecular flexibility index (Phi) is 4.88. The van der Waals surface area contributed by atoms with Crippen LogP contribution >= 0.6 is 0 Å². The topological polar surface area (TPSA) is 38.1 Å². The number of aryl methyl sites for hydroxylation is 1. The molecule has 0 atom stereocenters. The standard InChI is InChI=1S/C16H16F3N3O/c1-3-8-21(11-16(17,18)19)15(23)13-4-6-14(7-5-13)22-10-12(2)9-20-22/h3-7,9-10H,1,8,11H2,2H3. The fourth-order valence-corrected chi connectivity index (χ4v) is 2.08. The maximum atomic E-state index is 12.6. The summed E-state index contributed by atoms with van der Waals surface area (Å²) in [4.78, 5) is 12.9. The monoisotopic (exact) mass is 323 g/mol. The smallest absolute Gasteiger partial charge is 0.326 e. The zero-order valence-corrected chi connectivity index (χ0v) is 12.5. The first-order valence-corrected chi connectivity index (χ1v) is 6.89. The number of alkyl halides is 3. The summed E-state index contributed by atoms with van der Waals surface area (Å²) in [6.45, 7) is 3.81. The highest BCUT2D eigenvalue weighted by atomic mass is 19.4. The van der Waals surface area contributed by atoms with Crippen molar-refractivity contribution in [3.63, 3.8) is 0 Å². The number of nitrogens with zero attached hydrogens (tertiary/aromatic N) is 3. The van der Waals surface area contributed by atoms with E-state index in [9.17, 15) is 18.0 Å². The molecule has 1 aromatic heterocycles. The third-order valence-corrected chi connectivity index (χ3v) is 3.10. The molecular formula is C16H16F3N3O. The van der Waals surface area contributed by atoms with Gasteiger partial charge in [-0.05, 0) is 36.8 Å². The highest BCUT2D eigenvalue weighted by molar-refractivity contribution is 5.94. The van der Waals surface area contributed by atoms with Crippen LogP contribution in [0.3, 0.4) is 0 Å². The molecule has 23 heavy (non-hydrogen) atoms. The largest absolute Gasteiger partial charge is 0.406 e. The second-order valence-corrected chi connectivity index (χ2v) is 5.10. The number of aromatic nitrogens is 2. The highest BCUT2D eigenvalue weighted by Crippen LogP contribution is 2.19. The fourth-order valence-electron chi connectivity index (χ4n) is 2.08. The average Bonchev–Trinajstić information content (AvgIpc) is 2.91. The van der Waals surface area contributed by atoms with Crippen molar-refractivity contribution in [2.24, 2.45) is 0 Å². The molecule has 7 heteroatoms. The van der Waals surface area contributed by atoms with Crippen molar-refractivity contribution in [1.29, 1.82) is 0 Å². The van der Waals surface area contributed by atoms with E-state index in [2.05, 4.69) is 11.7 Å². The first-order valence-electron chi connectivity index (χ1n) is 6.89. The molecule has 0 N–H and O–H groups in total. The molecule has 0 radical (unpaired) electrons. The number of hydrogen-bond donors (Lipinski definition) is 0. The summed E-state index contributed by atoms with van der Waals surface area (Å²) in [5, 5.41) is 4.13. The van der Waals surface area contributed by atoms with E-state index in [-0.39, 0.29) is 12.1 Å². The molecular weight excluding hydrogens is 307 g/mol. The Morgan fingerprint density at radius 2 is 2.00 bits per heavy atom. The number of benzene rings is 1. The van der Waals surface area contributed by atoms with E-state index in [1.807, 2.05) is 13.1 Å². The second kappa shape index (κ2) is 6.68. The summed E-state index contributed by atoms with van der Waals surface area (Å²) < 4.78 is 39.3. The van der Waals surface area contributed by atoms with Crippen LogP contribution in [0.15, 0.2) is 49.3 Å². The summed E-state index contributed by atoms with van der Waals surface area (Å²) >= 11 is 0. The maximum absolute atomic E-state index is 12.6. The molecule has 0 aliphatic heterocycles. The molecule has 0 bridgehead atoms. The van der Waals surface area contributed by atoms with Gasteiger partial charge in [0.2, 0.25) is 0 Å². The van der Waals surface area contributed by atoms with Gasteiger partial charge < -0.3 is 4.90 Å². The minimum Gasteiger partial charge on any atom is -0.326 e. The normalized spacial score (nSPS) is 11.3. The SMILES string of the molecule is C=CCN(CC(F)(F)F)C(=O)c1ccc(-n2cc(C)cn2)cc1. The van der Waals surface area contributed by atoms with Gasteiger partial charge in [0.15, 0.2) is 0 Å². The molecule has 0 aliphatic rings. The van der Waals surface area contributed by atoms with E-state index in [0.717, 1.165) is 11.3 Å². The van der Waals surface area contributed by atoms with Gasteiger partial charge in [-0.1, -0.05) is 6.08 Å². The van der Waals surface area contributed by atoms with E-state index >= 15 is 0 Å². The molecule has 0 saturated heterocycles. The minimum absolute atomic E-state index is 0.168. The van der Waals surface area contributed by atoms with Crippen LogP contribution in [-0.2, 0) is 0 Å². The van der Waals surface area contributed by atoms with Gasteiger partial charge in [0, 0.05) is 18.3 Å². The van der Waals surface area contributed by atoms with Crippen LogP contribution in [0, 0.1) is 6.92 Å². The molecule has 0 fully saturated rings. The molecule has 0 saturated carbocycles. The number of carbonyl (C=O) groups is 1. The van der Waals surface area contributed by atoms with E-state index in [0.29, 0.717) is 4.90 Å².